The summed E-state index contributed by atoms with van der Waals surface area (Å²) < 4.78 is 0. The molecule has 4 nitrogen and oxygen atoms in total. The number of nitrogens with one attached hydrogen (secondary N) is 1. The molecule has 0 saturated heterocycles. The summed E-state index contributed by atoms with van der Waals surface area (Å²) in [7, 11) is 0. The molecular formula is C9H8N2O2. The van der Waals surface area contributed by atoms with Gasteiger partial charge in [-0.1, -0.05) is 12.1 Å². The maximum atomic E-state index is 10.5. The number of fused-ring (bicyclic) bond motifs is 1. The molecule has 0 spiro atoms. The number of benzene rings is 1. The van der Waals surface area contributed by atoms with Gasteiger partial charge in [0.15, 0.2) is 0 Å². The standard InChI is InChI=1S/C9H8N2O2/c12-5-7-4-6-2-1-3-8(11-13)9(6)10-7/h1-3,5,7,10H,4H2. The molecule has 0 amide bonds. The summed E-state index contributed by atoms with van der Waals surface area (Å²) in [5, 5.41) is 5.82. The number of rotatable bonds is 2. The van der Waals surface area contributed by atoms with E-state index in [-0.39, 0.29) is 6.04 Å². The third-order valence-electron chi connectivity index (χ3n) is 2.16. The molecule has 1 heterocycles. The van der Waals surface area contributed by atoms with E-state index in [2.05, 4.69) is 10.5 Å². The summed E-state index contributed by atoms with van der Waals surface area (Å²) >= 11 is 0. The Morgan fingerprint density at radius 2 is 2.38 bits per heavy atom. The highest BCUT2D eigenvalue weighted by Gasteiger charge is 2.22. The molecule has 0 aliphatic carbocycles. The molecule has 1 aromatic rings. The topological polar surface area (TPSA) is 58.5 Å². The number of nitrogens with zero attached hydrogens (tertiary/aromatic N) is 1. The van der Waals surface area contributed by atoms with E-state index in [1.54, 1.807) is 12.1 Å². The summed E-state index contributed by atoms with van der Waals surface area (Å²) in [5.74, 6) is 0. The molecule has 0 bridgehead atoms. The van der Waals surface area contributed by atoms with Crippen molar-refractivity contribution < 1.29 is 4.79 Å². The van der Waals surface area contributed by atoms with Crippen molar-refractivity contribution in [3.05, 3.63) is 28.7 Å². The number of hydrogen-bond acceptors (Lipinski definition) is 4. The number of hydrogen-bond donors (Lipinski definition) is 1. The van der Waals surface area contributed by atoms with Gasteiger partial charge in [0.2, 0.25) is 0 Å². The normalized spacial score (nSPS) is 18.9. The van der Waals surface area contributed by atoms with Crippen LogP contribution in [0.25, 0.3) is 0 Å². The van der Waals surface area contributed by atoms with Gasteiger partial charge in [-0.2, -0.15) is 0 Å². The third-order valence-corrected chi connectivity index (χ3v) is 2.16. The highest BCUT2D eigenvalue weighted by Crippen LogP contribution is 2.34. The molecule has 0 fully saturated rings. The van der Waals surface area contributed by atoms with Crippen LogP contribution in [0.3, 0.4) is 0 Å². The van der Waals surface area contributed by atoms with Gasteiger partial charge in [-0.15, -0.1) is 4.91 Å². The monoisotopic (exact) mass is 176 g/mol. The molecule has 0 radical (unpaired) electrons. The quantitative estimate of drug-likeness (QED) is 0.550. The van der Waals surface area contributed by atoms with Crippen molar-refractivity contribution >= 4 is 17.7 Å². The first-order valence-electron chi connectivity index (χ1n) is 4.02. The van der Waals surface area contributed by atoms with Crippen molar-refractivity contribution in [3.63, 3.8) is 0 Å². The first kappa shape index (κ1) is 7.91. The lowest BCUT2D eigenvalue weighted by Gasteiger charge is -2.02. The maximum absolute atomic E-state index is 10.5. The molecule has 1 aliphatic rings. The van der Waals surface area contributed by atoms with Gasteiger partial charge in [0.25, 0.3) is 0 Å². The minimum absolute atomic E-state index is 0.210. The van der Waals surface area contributed by atoms with Crippen LogP contribution in [0.4, 0.5) is 11.4 Å². The number of carbonyl (C=O) groups is 1. The van der Waals surface area contributed by atoms with Crippen LogP contribution in [-0.4, -0.2) is 12.3 Å². The Labute approximate surface area is 74.9 Å². The largest absolute Gasteiger partial charge is 0.373 e. The fourth-order valence-corrected chi connectivity index (χ4v) is 1.55. The van der Waals surface area contributed by atoms with Crippen LogP contribution in [0.5, 0.6) is 0 Å². The second kappa shape index (κ2) is 2.97. The summed E-state index contributed by atoms with van der Waals surface area (Å²) in [4.78, 5) is 20.9. The molecule has 2 rings (SSSR count). The van der Waals surface area contributed by atoms with Crippen LogP contribution in [0.1, 0.15) is 5.56 Å². The van der Waals surface area contributed by atoms with E-state index >= 15 is 0 Å². The van der Waals surface area contributed by atoms with E-state index in [9.17, 15) is 9.70 Å². The lowest BCUT2D eigenvalue weighted by molar-refractivity contribution is -0.108. The average molecular weight is 176 g/mol. The fourth-order valence-electron chi connectivity index (χ4n) is 1.55. The predicted octanol–water partition coefficient (Wildman–Crippen LogP) is 1.62. The zero-order valence-corrected chi connectivity index (χ0v) is 6.86. The van der Waals surface area contributed by atoms with E-state index in [0.29, 0.717) is 17.8 Å². The smallest absolute Gasteiger partial charge is 0.142 e. The van der Waals surface area contributed by atoms with Gasteiger partial charge < -0.3 is 10.1 Å². The van der Waals surface area contributed by atoms with Crippen LogP contribution in [0.2, 0.25) is 0 Å². The maximum Gasteiger partial charge on any atom is 0.142 e. The summed E-state index contributed by atoms with van der Waals surface area (Å²) in [5.41, 5.74) is 2.06. The number of anilines is 1. The lowest BCUT2D eigenvalue weighted by Crippen LogP contribution is -2.16. The van der Waals surface area contributed by atoms with Gasteiger partial charge in [0, 0.05) is 6.42 Å². The van der Waals surface area contributed by atoms with Crippen LogP contribution in [0, 0.1) is 4.91 Å². The third kappa shape index (κ3) is 1.20. The van der Waals surface area contributed by atoms with Crippen LogP contribution < -0.4 is 5.32 Å². The molecule has 13 heavy (non-hydrogen) atoms. The molecule has 0 saturated carbocycles. The van der Waals surface area contributed by atoms with Crippen molar-refractivity contribution in [2.24, 2.45) is 5.18 Å². The van der Waals surface area contributed by atoms with Gasteiger partial charge in [0.1, 0.15) is 12.0 Å². The SMILES string of the molecule is O=CC1Cc2cccc(N=O)c2N1. The Hall–Kier alpha value is -1.71. The lowest BCUT2D eigenvalue weighted by atomic mass is 10.1. The van der Waals surface area contributed by atoms with Gasteiger partial charge in [-0.05, 0) is 16.8 Å². The summed E-state index contributed by atoms with van der Waals surface area (Å²) in [6.07, 6.45) is 1.48. The number of para-hydroxylation sites is 1. The minimum Gasteiger partial charge on any atom is -0.373 e. The molecule has 1 aromatic carbocycles. The van der Waals surface area contributed by atoms with Gasteiger partial charge in [-0.3, -0.25) is 0 Å². The van der Waals surface area contributed by atoms with E-state index in [0.717, 1.165) is 11.8 Å². The van der Waals surface area contributed by atoms with Crippen molar-refractivity contribution in [1.29, 1.82) is 0 Å². The number of carbonyl (C=O) groups excluding carboxylic acids is 1. The van der Waals surface area contributed by atoms with E-state index in [4.69, 9.17) is 0 Å². The molecular weight excluding hydrogens is 168 g/mol. The number of nitroso groups, excluding NO2 is 1. The second-order valence-electron chi connectivity index (χ2n) is 2.99. The van der Waals surface area contributed by atoms with Crippen LogP contribution in [-0.2, 0) is 11.2 Å². The second-order valence-corrected chi connectivity index (χ2v) is 2.99. The molecule has 1 N–H and O–H groups in total. The Morgan fingerprint density at radius 1 is 1.54 bits per heavy atom. The molecule has 1 atom stereocenters. The van der Waals surface area contributed by atoms with Gasteiger partial charge in [-0.25, -0.2) is 0 Å². The molecule has 4 heteroatoms. The van der Waals surface area contributed by atoms with Crippen molar-refractivity contribution in [3.8, 4) is 0 Å². The molecule has 66 valence electrons. The predicted molar refractivity (Wildman–Crippen MR) is 49.1 cm³/mol. The van der Waals surface area contributed by atoms with Crippen LogP contribution >= 0.6 is 0 Å². The summed E-state index contributed by atoms with van der Waals surface area (Å²) in [6, 6.07) is 5.08. The molecule has 1 aliphatic heterocycles. The van der Waals surface area contributed by atoms with E-state index in [1.807, 2.05) is 6.07 Å². The first-order valence-corrected chi connectivity index (χ1v) is 4.02. The summed E-state index contributed by atoms with van der Waals surface area (Å²) in [6.45, 7) is 0. The zero-order valence-electron chi connectivity index (χ0n) is 6.86. The Bertz CT molecular complexity index is 363. The molecule has 0 aromatic heterocycles. The molecule has 1 unspecified atom stereocenters. The highest BCUT2D eigenvalue weighted by atomic mass is 16.3. The van der Waals surface area contributed by atoms with E-state index < -0.39 is 0 Å². The van der Waals surface area contributed by atoms with Crippen molar-refractivity contribution in [2.75, 3.05) is 5.32 Å². The Morgan fingerprint density at radius 3 is 3.08 bits per heavy atom. The van der Waals surface area contributed by atoms with Gasteiger partial charge >= 0.3 is 0 Å². The first-order chi connectivity index (χ1) is 6.35. The average Bonchev–Trinajstić information content (AvgIpc) is 2.59. The van der Waals surface area contributed by atoms with Crippen LogP contribution in [0.15, 0.2) is 23.4 Å². The fraction of sp³-hybridized carbons (Fsp3) is 0.222. The number of aldehydes is 1. The van der Waals surface area contributed by atoms with Gasteiger partial charge in [0.05, 0.1) is 11.7 Å². The highest BCUT2D eigenvalue weighted by molar-refractivity contribution is 5.79. The zero-order chi connectivity index (χ0) is 9.26. The van der Waals surface area contributed by atoms with Crippen molar-refractivity contribution in [1.82, 2.24) is 0 Å². The minimum atomic E-state index is -0.210. The Balaban J connectivity index is 2.44. The van der Waals surface area contributed by atoms with Crippen molar-refractivity contribution in [2.45, 2.75) is 12.5 Å². The Kier molecular flexibility index (Phi) is 1.81. The van der Waals surface area contributed by atoms with E-state index in [1.165, 1.54) is 0 Å².